The van der Waals surface area contributed by atoms with Gasteiger partial charge in [-0.25, -0.2) is 5.06 Å². The monoisotopic (exact) mass is 258 g/mol. The molecule has 0 atom stereocenters. The molecule has 0 N–H and O–H groups in total. The molecule has 2 aliphatic rings. The highest BCUT2D eigenvalue weighted by atomic mass is 16.7. The van der Waals surface area contributed by atoms with Crippen LogP contribution in [-0.4, -0.2) is 43.2 Å². The van der Waals surface area contributed by atoms with E-state index < -0.39 is 0 Å². The summed E-state index contributed by atoms with van der Waals surface area (Å²) < 4.78 is 5.18. The molecule has 0 spiro atoms. The van der Waals surface area contributed by atoms with Gasteiger partial charge in [0, 0.05) is 6.54 Å². The van der Waals surface area contributed by atoms with E-state index in [0.717, 1.165) is 38.3 Å². The maximum absolute atomic E-state index is 10.8. The molecule has 0 aromatic carbocycles. The fourth-order valence-corrected chi connectivity index (χ4v) is 1.45. The van der Waals surface area contributed by atoms with E-state index in [1.54, 1.807) is 0 Å². The van der Waals surface area contributed by atoms with Crippen molar-refractivity contribution in [3.05, 3.63) is 0 Å². The third-order valence-corrected chi connectivity index (χ3v) is 2.31. The van der Waals surface area contributed by atoms with E-state index in [9.17, 15) is 4.79 Å². The number of carbonyl (C=O) groups excluding carboxylic acids is 1. The van der Waals surface area contributed by atoms with Crippen molar-refractivity contribution < 1.29 is 19.2 Å². The van der Waals surface area contributed by atoms with E-state index in [0.29, 0.717) is 19.6 Å². The van der Waals surface area contributed by atoms with Crippen molar-refractivity contribution in [2.24, 2.45) is 5.16 Å². The molecular weight excluding hydrogens is 236 g/mol. The van der Waals surface area contributed by atoms with Crippen LogP contribution in [0.4, 0.5) is 0 Å². The van der Waals surface area contributed by atoms with E-state index in [4.69, 9.17) is 14.4 Å². The summed E-state index contributed by atoms with van der Waals surface area (Å²) in [6.45, 7) is 6.82. The quantitative estimate of drug-likeness (QED) is 0.770. The highest BCUT2D eigenvalue weighted by Gasteiger charge is 2.19. The number of hydrogen-bond donors (Lipinski definition) is 0. The first-order valence-electron chi connectivity index (χ1n) is 6.52. The van der Waals surface area contributed by atoms with Gasteiger partial charge < -0.3 is 9.57 Å². The van der Waals surface area contributed by atoms with E-state index >= 15 is 0 Å². The highest BCUT2D eigenvalue weighted by Crippen LogP contribution is 2.05. The molecule has 0 aromatic rings. The second-order valence-corrected chi connectivity index (χ2v) is 4.00. The summed E-state index contributed by atoms with van der Waals surface area (Å²) in [6, 6.07) is 0. The topological polar surface area (TPSA) is 60.4 Å². The van der Waals surface area contributed by atoms with E-state index in [1.165, 1.54) is 5.06 Å². The van der Waals surface area contributed by atoms with Crippen molar-refractivity contribution in [3.63, 3.8) is 0 Å². The van der Waals surface area contributed by atoms with Gasteiger partial charge in [-0.1, -0.05) is 19.0 Å². The van der Waals surface area contributed by atoms with Gasteiger partial charge in [-0.15, -0.1) is 0 Å². The Hall–Kier alpha value is -1.30. The highest BCUT2D eigenvalue weighted by molar-refractivity contribution is 5.76. The Bertz CT molecular complexity index is 281. The number of oxime groups is 1. The number of hydrogen-bond acceptors (Lipinski definition) is 5. The average molecular weight is 258 g/mol. The molecule has 0 unspecified atom stereocenters. The summed E-state index contributed by atoms with van der Waals surface area (Å²) in [5.41, 5.74) is 0. The number of ether oxygens (including phenoxy) is 1. The first-order valence-corrected chi connectivity index (χ1v) is 6.52. The SMILES string of the molecule is CCCN1OCCC1=O.CCCOC1=NOCC1. The molecule has 0 radical (unpaired) electrons. The summed E-state index contributed by atoms with van der Waals surface area (Å²) in [5, 5.41) is 5.11. The van der Waals surface area contributed by atoms with E-state index in [1.807, 2.05) is 6.92 Å². The molecule has 104 valence electrons. The maximum Gasteiger partial charge on any atom is 0.248 e. The predicted molar refractivity (Wildman–Crippen MR) is 66.8 cm³/mol. The van der Waals surface area contributed by atoms with Crippen molar-refractivity contribution in [1.29, 1.82) is 0 Å². The molecule has 18 heavy (non-hydrogen) atoms. The van der Waals surface area contributed by atoms with E-state index in [-0.39, 0.29) is 5.91 Å². The number of nitrogens with zero attached hydrogens (tertiary/aromatic N) is 2. The molecule has 2 rings (SSSR count). The largest absolute Gasteiger partial charge is 0.479 e. The van der Waals surface area contributed by atoms with Crippen LogP contribution in [0.3, 0.4) is 0 Å². The average Bonchev–Trinajstić information content (AvgIpc) is 3.01. The molecular formula is C12H22N2O4. The molecule has 6 nitrogen and oxygen atoms in total. The lowest BCUT2D eigenvalue weighted by atomic mass is 10.4. The Morgan fingerprint density at radius 2 is 2.11 bits per heavy atom. The van der Waals surface area contributed by atoms with Crippen LogP contribution >= 0.6 is 0 Å². The van der Waals surface area contributed by atoms with Gasteiger partial charge in [-0.3, -0.25) is 9.63 Å². The molecule has 2 aliphatic heterocycles. The Morgan fingerprint density at radius 1 is 1.28 bits per heavy atom. The van der Waals surface area contributed by atoms with Crippen molar-refractivity contribution in [3.8, 4) is 0 Å². The van der Waals surface area contributed by atoms with Crippen LogP contribution in [0.5, 0.6) is 0 Å². The standard InChI is InChI=1S/2C6H11NO2/c1-2-4-8-6-3-5-9-7-6;1-2-4-7-6(8)3-5-9-7/h2*2-5H2,1H3. The van der Waals surface area contributed by atoms with Gasteiger partial charge in [0.2, 0.25) is 11.8 Å². The smallest absolute Gasteiger partial charge is 0.248 e. The second kappa shape index (κ2) is 8.74. The van der Waals surface area contributed by atoms with Crippen LogP contribution in [0.2, 0.25) is 0 Å². The van der Waals surface area contributed by atoms with Crippen LogP contribution in [0, 0.1) is 0 Å². The van der Waals surface area contributed by atoms with Gasteiger partial charge in [0.25, 0.3) is 0 Å². The second-order valence-electron chi connectivity index (χ2n) is 4.00. The van der Waals surface area contributed by atoms with Crippen LogP contribution in [0.1, 0.15) is 39.5 Å². The molecule has 1 amide bonds. The lowest BCUT2D eigenvalue weighted by Crippen LogP contribution is -2.23. The molecule has 0 aliphatic carbocycles. The normalized spacial score (nSPS) is 18.0. The molecule has 0 aromatic heterocycles. The van der Waals surface area contributed by atoms with Crippen LogP contribution in [0.15, 0.2) is 5.16 Å². The minimum absolute atomic E-state index is 0.122. The zero-order chi connectivity index (χ0) is 13.2. The maximum atomic E-state index is 10.8. The van der Waals surface area contributed by atoms with Gasteiger partial charge in [-0.05, 0) is 12.8 Å². The van der Waals surface area contributed by atoms with E-state index in [2.05, 4.69) is 12.1 Å². The van der Waals surface area contributed by atoms with Gasteiger partial charge in [0.1, 0.15) is 6.61 Å². The fourth-order valence-electron chi connectivity index (χ4n) is 1.45. The summed E-state index contributed by atoms with van der Waals surface area (Å²) >= 11 is 0. The zero-order valence-corrected chi connectivity index (χ0v) is 11.2. The number of rotatable bonds is 4. The van der Waals surface area contributed by atoms with Gasteiger partial charge in [-0.2, -0.15) is 0 Å². The van der Waals surface area contributed by atoms with Crippen LogP contribution in [-0.2, 0) is 19.2 Å². The lowest BCUT2D eigenvalue weighted by molar-refractivity contribution is -0.161. The van der Waals surface area contributed by atoms with Crippen LogP contribution in [0.25, 0.3) is 0 Å². The Labute approximate surface area is 108 Å². The van der Waals surface area contributed by atoms with Crippen molar-refractivity contribution in [2.75, 3.05) is 26.4 Å². The van der Waals surface area contributed by atoms with Gasteiger partial charge in [0.15, 0.2) is 0 Å². The summed E-state index contributed by atoms with van der Waals surface area (Å²) in [7, 11) is 0. The number of hydroxylamine groups is 2. The van der Waals surface area contributed by atoms with Crippen LogP contribution < -0.4 is 0 Å². The van der Waals surface area contributed by atoms with Gasteiger partial charge >= 0.3 is 0 Å². The summed E-state index contributed by atoms with van der Waals surface area (Å²) in [6.07, 6.45) is 3.38. The molecule has 6 heteroatoms. The lowest BCUT2D eigenvalue weighted by Gasteiger charge is -2.10. The van der Waals surface area contributed by atoms with Crippen molar-refractivity contribution in [1.82, 2.24) is 5.06 Å². The minimum atomic E-state index is 0.122. The fraction of sp³-hybridized carbons (Fsp3) is 0.833. The molecule has 2 heterocycles. The molecule has 0 saturated carbocycles. The van der Waals surface area contributed by atoms with Gasteiger partial charge in [0.05, 0.1) is 26.1 Å². The first-order chi connectivity index (χ1) is 8.77. The Balaban J connectivity index is 0.000000180. The number of carbonyl (C=O) groups is 1. The zero-order valence-electron chi connectivity index (χ0n) is 11.2. The summed E-state index contributed by atoms with van der Waals surface area (Å²) in [4.78, 5) is 20.5. The molecule has 1 saturated heterocycles. The predicted octanol–water partition coefficient (Wildman–Crippen LogP) is 1.71. The van der Waals surface area contributed by atoms with Crippen molar-refractivity contribution in [2.45, 2.75) is 39.5 Å². The van der Waals surface area contributed by atoms with Crippen molar-refractivity contribution >= 4 is 11.8 Å². The third kappa shape index (κ3) is 5.35. The molecule has 1 fully saturated rings. The Morgan fingerprint density at radius 3 is 2.61 bits per heavy atom. The minimum Gasteiger partial charge on any atom is -0.479 e. The number of amides is 1. The summed E-state index contributed by atoms with van der Waals surface area (Å²) in [5.74, 6) is 0.869. The first kappa shape index (κ1) is 14.8. The third-order valence-electron chi connectivity index (χ3n) is 2.31. The molecule has 0 bridgehead atoms. The Kier molecular flexibility index (Phi) is 7.17.